The fourth-order valence-corrected chi connectivity index (χ4v) is 5.40. The summed E-state index contributed by atoms with van der Waals surface area (Å²) in [6.07, 6.45) is 0. The molecule has 3 aromatic heterocycles. The zero-order valence-corrected chi connectivity index (χ0v) is 15.9. The zero-order valence-electron chi connectivity index (χ0n) is 15.1. The molecule has 0 atom stereocenters. The van der Waals surface area contributed by atoms with Crippen LogP contribution in [0.1, 0.15) is 34.0 Å². The third kappa shape index (κ3) is 1.71. The Hall–Kier alpha value is -2.40. The molecule has 0 bridgehead atoms. The molecule has 0 spiro atoms. The number of aryl methyl sites for hydroxylation is 6. The van der Waals surface area contributed by atoms with Gasteiger partial charge >= 0.3 is 0 Å². The van der Waals surface area contributed by atoms with Crippen LogP contribution in [0.5, 0.6) is 0 Å². The number of hydrogen-bond donors (Lipinski definition) is 0. The predicted molar refractivity (Wildman–Crippen MR) is 103 cm³/mol. The van der Waals surface area contributed by atoms with Crippen molar-refractivity contribution >= 4 is 53.7 Å². The van der Waals surface area contributed by atoms with Gasteiger partial charge in [-0.3, -0.25) is 0 Å². The molecule has 0 aliphatic heterocycles. The lowest BCUT2D eigenvalue weighted by molar-refractivity contribution is 0.559. The predicted octanol–water partition coefficient (Wildman–Crippen LogP) is 6.19. The maximum absolute atomic E-state index is 5.89. The van der Waals surface area contributed by atoms with Crippen LogP contribution in [0.3, 0.4) is 0 Å². The molecule has 0 amide bonds. The van der Waals surface area contributed by atoms with Gasteiger partial charge in [0.1, 0.15) is 11.0 Å². The molecule has 0 saturated carbocycles. The molecule has 0 aliphatic rings. The van der Waals surface area contributed by atoms with Crippen molar-refractivity contribution in [2.45, 2.75) is 41.5 Å². The fourth-order valence-electron chi connectivity index (χ4n) is 3.99. The van der Waals surface area contributed by atoms with E-state index < -0.39 is 0 Å². The van der Waals surface area contributed by atoms with Crippen molar-refractivity contribution in [1.29, 1.82) is 0 Å². The quantitative estimate of drug-likeness (QED) is 0.334. The zero-order chi connectivity index (χ0) is 17.6. The molecule has 5 heteroatoms. The van der Waals surface area contributed by atoms with Gasteiger partial charge in [0, 0.05) is 45.1 Å². The summed E-state index contributed by atoms with van der Waals surface area (Å²) >= 11 is 1.82. The van der Waals surface area contributed by atoms with Crippen molar-refractivity contribution in [1.82, 2.24) is 9.97 Å². The van der Waals surface area contributed by atoms with E-state index in [1.807, 2.05) is 25.2 Å². The number of rotatable bonds is 0. The van der Waals surface area contributed by atoms with Crippen molar-refractivity contribution in [2.75, 3.05) is 0 Å². The van der Waals surface area contributed by atoms with Crippen molar-refractivity contribution in [3.63, 3.8) is 0 Å². The first-order chi connectivity index (χ1) is 11.9. The van der Waals surface area contributed by atoms with E-state index in [1.165, 1.54) is 31.3 Å². The molecule has 0 radical (unpaired) electrons. The topological polar surface area (TPSA) is 52.1 Å². The summed E-state index contributed by atoms with van der Waals surface area (Å²) in [5.41, 5.74) is 8.44. The smallest absolute Gasteiger partial charge is 0.192 e. The molecule has 0 aliphatic carbocycles. The normalized spacial score (nSPS) is 12.4. The Labute approximate surface area is 148 Å². The number of oxazole rings is 2. The van der Waals surface area contributed by atoms with Gasteiger partial charge in [-0.2, -0.15) is 0 Å². The summed E-state index contributed by atoms with van der Waals surface area (Å²) in [7, 11) is 0. The lowest BCUT2D eigenvalue weighted by Gasteiger charge is -2.05. The minimum atomic E-state index is 0.713. The van der Waals surface area contributed by atoms with Crippen LogP contribution in [0.2, 0.25) is 0 Å². The highest BCUT2D eigenvalue weighted by molar-refractivity contribution is 7.26. The molecule has 5 rings (SSSR count). The lowest BCUT2D eigenvalue weighted by Crippen LogP contribution is -1.87. The van der Waals surface area contributed by atoms with Crippen LogP contribution in [0.15, 0.2) is 8.83 Å². The van der Waals surface area contributed by atoms with E-state index in [0.717, 1.165) is 33.3 Å². The molecule has 25 heavy (non-hydrogen) atoms. The SMILES string of the molecule is Cc1nc2c(C)c3c(sc4c(C)c5oc(C)nc5c(C)c43)c(C)c2o1. The Morgan fingerprint density at radius 2 is 1.00 bits per heavy atom. The van der Waals surface area contributed by atoms with E-state index in [1.54, 1.807) is 0 Å². The molecular formula is C20H18N2O2S. The molecule has 0 unspecified atom stereocenters. The van der Waals surface area contributed by atoms with Crippen LogP contribution < -0.4 is 0 Å². The summed E-state index contributed by atoms with van der Waals surface area (Å²) in [6.45, 7) is 12.4. The van der Waals surface area contributed by atoms with Gasteiger partial charge in [-0.05, 0) is 38.8 Å². The van der Waals surface area contributed by atoms with Gasteiger partial charge in [-0.25, -0.2) is 9.97 Å². The second-order valence-corrected chi connectivity index (χ2v) is 7.85. The van der Waals surface area contributed by atoms with Crippen LogP contribution in [-0.2, 0) is 0 Å². The number of nitrogens with zero attached hydrogens (tertiary/aromatic N) is 2. The number of hydrogen-bond acceptors (Lipinski definition) is 5. The molecule has 2 aromatic carbocycles. The third-order valence-corrected chi connectivity index (χ3v) is 6.63. The van der Waals surface area contributed by atoms with Gasteiger partial charge in [0.2, 0.25) is 0 Å². The highest BCUT2D eigenvalue weighted by atomic mass is 32.1. The van der Waals surface area contributed by atoms with E-state index in [0.29, 0.717) is 11.8 Å². The Balaban J connectivity index is 2.14. The van der Waals surface area contributed by atoms with Crippen LogP contribution in [0.25, 0.3) is 42.4 Å². The lowest BCUT2D eigenvalue weighted by atomic mass is 9.98. The molecule has 0 N–H and O–H groups in total. The molecule has 3 heterocycles. The van der Waals surface area contributed by atoms with Crippen molar-refractivity contribution < 1.29 is 8.83 Å². The number of benzene rings is 2. The molecule has 4 nitrogen and oxygen atoms in total. The molecule has 0 saturated heterocycles. The van der Waals surface area contributed by atoms with Crippen LogP contribution in [0.4, 0.5) is 0 Å². The summed E-state index contributed by atoms with van der Waals surface area (Å²) in [5, 5.41) is 2.56. The van der Waals surface area contributed by atoms with E-state index in [9.17, 15) is 0 Å². The summed E-state index contributed by atoms with van der Waals surface area (Å²) < 4.78 is 14.3. The van der Waals surface area contributed by atoms with Gasteiger partial charge < -0.3 is 8.83 Å². The first kappa shape index (κ1) is 14.9. The second kappa shape index (κ2) is 4.61. The highest BCUT2D eigenvalue weighted by Crippen LogP contribution is 2.46. The fraction of sp³-hybridized carbons (Fsp3) is 0.300. The standard InChI is InChI=1S/C20H18N2O2S/c1-7-13-14-8(2)16-18(24-12(6)22-16)10(4)20(14)25-19(13)9(3)17-15(7)21-11(5)23-17/h1-6H3. The molecular weight excluding hydrogens is 332 g/mol. The number of thiophene rings is 1. The maximum Gasteiger partial charge on any atom is 0.192 e. The van der Waals surface area contributed by atoms with E-state index in [4.69, 9.17) is 8.83 Å². The summed E-state index contributed by atoms with van der Waals surface area (Å²) in [5.74, 6) is 1.43. The highest BCUT2D eigenvalue weighted by Gasteiger charge is 2.23. The van der Waals surface area contributed by atoms with Crippen molar-refractivity contribution in [2.24, 2.45) is 0 Å². The van der Waals surface area contributed by atoms with Gasteiger partial charge in [-0.1, -0.05) is 0 Å². The number of aromatic nitrogens is 2. The number of fused-ring (bicyclic) bond motifs is 5. The van der Waals surface area contributed by atoms with Crippen LogP contribution in [-0.4, -0.2) is 9.97 Å². The largest absolute Gasteiger partial charge is 0.441 e. The first-order valence-electron chi connectivity index (χ1n) is 8.37. The minimum Gasteiger partial charge on any atom is -0.441 e. The van der Waals surface area contributed by atoms with Crippen molar-refractivity contribution in [3.05, 3.63) is 34.0 Å². The Morgan fingerprint density at radius 1 is 0.600 bits per heavy atom. The average Bonchev–Trinajstić information content (AvgIpc) is 3.25. The van der Waals surface area contributed by atoms with E-state index >= 15 is 0 Å². The molecule has 5 aromatic rings. The molecule has 0 fully saturated rings. The Morgan fingerprint density at radius 3 is 1.40 bits per heavy atom. The molecule has 126 valence electrons. The summed E-state index contributed by atoms with van der Waals surface area (Å²) in [4.78, 5) is 9.26. The van der Waals surface area contributed by atoms with Gasteiger partial charge in [0.05, 0.1) is 0 Å². The Kier molecular flexibility index (Phi) is 2.75. The van der Waals surface area contributed by atoms with Gasteiger partial charge in [0.25, 0.3) is 0 Å². The monoisotopic (exact) mass is 350 g/mol. The van der Waals surface area contributed by atoms with Crippen LogP contribution in [0, 0.1) is 41.5 Å². The minimum absolute atomic E-state index is 0.713. The van der Waals surface area contributed by atoms with Gasteiger partial charge in [-0.15, -0.1) is 11.3 Å². The summed E-state index contributed by atoms with van der Waals surface area (Å²) in [6, 6.07) is 0. The second-order valence-electron chi connectivity index (χ2n) is 6.83. The maximum atomic E-state index is 5.89. The van der Waals surface area contributed by atoms with E-state index in [-0.39, 0.29) is 0 Å². The van der Waals surface area contributed by atoms with Gasteiger partial charge in [0.15, 0.2) is 22.9 Å². The average molecular weight is 350 g/mol. The van der Waals surface area contributed by atoms with Crippen molar-refractivity contribution in [3.8, 4) is 0 Å². The first-order valence-corrected chi connectivity index (χ1v) is 9.19. The van der Waals surface area contributed by atoms with Crippen LogP contribution >= 0.6 is 11.3 Å². The van der Waals surface area contributed by atoms with E-state index in [2.05, 4.69) is 37.7 Å². The Bertz CT molecular complexity index is 1250. The third-order valence-electron chi connectivity index (χ3n) is 5.20.